The van der Waals surface area contributed by atoms with E-state index in [1.165, 1.54) is 5.56 Å². The highest BCUT2D eigenvalue weighted by atomic mass is 35.5. The van der Waals surface area contributed by atoms with Gasteiger partial charge in [-0.05, 0) is 49.7 Å². The van der Waals surface area contributed by atoms with Crippen molar-refractivity contribution in [2.45, 2.75) is 13.8 Å². The Morgan fingerprint density at radius 1 is 0.903 bits per heavy atom. The summed E-state index contributed by atoms with van der Waals surface area (Å²) in [4.78, 5) is 4.64. The van der Waals surface area contributed by atoms with Crippen molar-refractivity contribution in [2.24, 2.45) is 5.10 Å². The maximum Gasteiger partial charge on any atom is 0.146 e. The fourth-order valence-corrected chi connectivity index (χ4v) is 3.65. The summed E-state index contributed by atoms with van der Waals surface area (Å²) in [7, 11) is 0. The number of aryl methyl sites for hydroxylation is 2. The molecule has 2 heterocycles. The average Bonchev–Trinajstić information content (AvgIpc) is 2.78. The number of pyridine rings is 1. The van der Waals surface area contributed by atoms with Crippen LogP contribution in [0.25, 0.3) is 33.2 Å². The number of benzene rings is 3. The molecule has 152 valence electrons. The fourth-order valence-electron chi connectivity index (χ4n) is 3.49. The van der Waals surface area contributed by atoms with E-state index in [0.717, 1.165) is 44.1 Å². The van der Waals surface area contributed by atoms with Crippen LogP contribution in [-0.4, -0.2) is 4.98 Å². The van der Waals surface area contributed by atoms with Gasteiger partial charge in [-0.25, -0.2) is 4.98 Å². The highest BCUT2D eigenvalue weighted by Crippen LogP contribution is 2.26. The molecule has 0 saturated heterocycles. The maximum absolute atomic E-state index is 6.40. The van der Waals surface area contributed by atoms with Crippen molar-refractivity contribution in [1.29, 1.82) is 0 Å². The van der Waals surface area contributed by atoms with Crippen LogP contribution in [0, 0.1) is 13.8 Å². The lowest BCUT2D eigenvalue weighted by molar-refractivity contribution is 0.618. The van der Waals surface area contributed by atoms with Gasteiger partial charge in [0.1, 0.15) is 17.2 Å². The Labute approximate surface area is 184 Å². The quantitative estimate of drug-likeness (QED) is 0.322. The van der Waals surface area contributed by atoms with Gasteiger partial charge in [-0.15, -0.1) is 0 Å². The number of rotatable bonds is 3. The predicted molar refractivity (Wildman–Crippen MR) is 127 cm³/mol. The Morgan fingerprint density at radius 3 is 2.55 bits per heavy atom. The molecule has 5 heteroatoms. The second-order valence-corrected chi connectivity index (χ2v) is 7.98. The summed E-state index contributed by atoms with van der Waals surface area (Å²) < 4.78 is 6.21. The Bertz CT molecular complexity index is 1490. The number of hydrogen-bond donors (Lipinski definition) is 1. The molecule has 0 aliphatic carbocycles. The van der Waals surface area contributed by atoms with Crippen LogP contribution in [0.4, 0.5) is 5.82 Å². The third-order valence-corrected chi connectivity index (χ3v) is 5.66. The van der Waals surface area contributed by atoms with Crippen LogP contribution in [-0.2, 0) is 0 Å². The summed E-state index contributed by atoms with van der Waals surface area (Å²) >= 11 is 6.40. The summed E-state index contributed by atoms with van der Waals surface area (Å²) in [6, 6.07) is 25.9. The van der Waals surface area contributed by atoms with Crippen LogP contribution in [0.2, 0.25) is 5.02 Å². The van der Waals surface area contributed by atoms with Crippen molar-refractivity contribution in [2.75, 3.05) is 5.43 Å². The highest BCUT2D eigenvalue weighted by Gasteiger charge is 2.09. The van der Waals surface area contributed by atoms with Crippen molar-refractivity contribution < 1.29 is 4.42 Å². The number of aromatic nitrogens is 1. The van der Waals surface area contributed by atoms with Crippen LogP contribution < -0.4 is 10.8 Å². The lowest BCUT2D eigenvalue weighted by Gasteiger charge is -2.08. The molecule has 0 amide bonds. The molecule has 2 aromatic heterocycles. The van der Waals surface area contributed by atoms with Gasteiger partial charge in [0.25, 0.3) is 0 Å². The molecule has 0 fully saturated rings. The van der Waals surface area contributed by atoms with Gasteiger partial charge in [0, 0.05) is 27.4 Å². The third-order valence-electron chi connectivity index (χ3n) is 5.25. The Balaban J connectivity index is 1.65. The van der Waals surface area contributed by atoms with Gasteiger partial charge in [-0.1, -0.05) is 59.6 Å². The summed E-state index contributed by atoms with van der Waals surface area (Å²) in [6.07, 6.45) is 0. The van der Waals surface area contributed by atoms with Gasteiger partial charge >= 0.3 is 0 Å². The smallest absolute Gasteiger partial charge is 0.146 e. The van der Waals surface area contributed by atoms with Gasteiger partial charge < -0.3 is 4.42 Å². The standard InChI is InChI=1S/C26H20ClN3O/c1-16-7-9-19(10-8-16)24-15-23(20-14-21(27)17(2)13-25(20)31-24)29-30-26-12-11-18-5-3-4-6-22(18)28-26/h3-15H,1-2H3,(H,28,30)/b29-23+. The van der Waals surface area contributed by atoms with Crippen LogP contribution in [0.3, 0.4) is 0 Å². The molecular formula is C26H20ClN3O. The first kappa shape index (κ1) is 19.3. The highest BCUT2D eigenvalue weighted by molar-refractivity contribution is 6.32. The van der Waals surface area contributed by atoms with Crippen LogP contribution in [0.1, 0.15) is 11.1 Å². The zero-order valence-electron chi connectivity index (χ0n) is 17.2. The minimum absolute atomic E-state index is 0.669. The first-order chi connectivity index (χ1) is 15.1. The number of para-hydroxylation sites is 1. The van der Waals surface area contributed by atoms with Gasteiger partial charge in [0.2, 0.25) is 0 Å². The predicted octanol–water partition coefficient (Wildman–Crippen LogP) is 6.85. The largest absolute Gasteiger partial charge is 0.456 e. The monoisotopic (exact) mass is 425 g/mol. The van der Waals surface area contributed by atoms with Gasteiger partial charge in [-0.3, -0.25) is 5.43 Å². The average molecular weight is 426 g/mol. The van der Waals surface area contributed by atoms with E-state index < -0.39 is 0 Å². The number of hydrogen-bond acceptors (Lipinski definition) is 4. The lowest BCUT2D eigenvalue weighted by Crippen LogP contribution is -2.08. The fraction of sp³-hybridized carbons (Fsp3) is 0.0769. The Morgan fingerprint density at radius 2 is 1.71 bits per heavy atom. The van der Waals surface area contributed by atoms with E-state index in [9.17, 15) is 0 Å². The van der Waals surface area contributed by atoms with Crippen LogP contribution in [0.15, 0.2) is 88.4 Å². The maximum atomic E-state index is 6.40. The normalized spacial score (nSPS) is 11.9. The Hall–Kier alpha value is -3.63. The van der Waals surface area contributed by atoms with Gasteiger partial charge in [-0.2, -0.15) is 5.10 Å². The van der Waals surface area contributed by atoms with E-state index in [-0.39, 0.29) is 0 Å². The SMILES string of the molecule is Cc1ccc(-c2c/c(=N\Nc3ccc4ccccc4n3)c3cc(Cl)c(C)cc3o2)cc1. The number of fused-ring (bicyclic) bond motifs is 2. The molecule has 1 N–H and O–H groups in total. The molecule has 0 atom stereocenters. The molecular weight excluding hydrogens is 406 g/mol. The summed E-state index contributed by atoms with van der Waals surface area (Å²) in [5.41, 5.74) is 7.87. The van der Waals surface area contributed by atoms with Gasteiger partial charge in [0.15, 0.2) is 0 Å². The van der Waals surface area contributed by atoms with E-state index in [1.54, 1.807) is 0 Å². The molecule has 31 heavy (non-hydrogen) atoms. The second kappa shape index (κ2) is 7.89. The third kappa shape index (κ3) is 3.90. The minimum Gasteiger partial charge on any atom is -0.456 e. The van der Waals surface area contributed by atoms with Crippen LogP contribution >= 0.6 is 11.6 Å². The van der Waals surface area contributed by atoms with Gasteiger partial charge in [0.05, 0.1) is 10.9 Å². The number of anilines is 1. The lowest BCUT2D eigenvalue weighted by atomic mass is 10.1. The minimum atomic E-state index is 0.669. The van der Waals surface area contributed by atoms with E-state index in [1.807, 2.05) is 73.7 Å². The number of nitrogens with zero attached hydrogens (tertiary/aromatic N) is 2. The summed E-state index contributed by atoms with van der Waals surface area (Å²) in [5.74, 6) is 1.41. The molecule has 0 aliphatic rings. The molecule has 0 unspecified atom stereocenters. The van der Waals surface area contributed by atoms with Crippen molar-refractivity contribution in [1.82, 2.24) is 4.98 Å². The number of nitrogens with one attached hydrogen (secondary N) is 1. The summed E-state index contributed by atoms with van der Waals surface area (Å²) in [6.45, 7) is 4.03. The zero-order valence-corrected chi connectivity index (χ0v) is 17.9. The second-order valence-electron chi connectivity index (χ2n) is 7.57. The van der Waals surface area contributed by atoms with E-state index in [2.05, 4.69) is 34.6 Å². The van der Waals surface area contributed by atoms with Crippen molar-refractivity contribution in [3.8, 4) is 11.3 Å². The molecule has 0 saturated carbocycles. The molecule has 0 aliphatic heterocycles. The van der Waals surface area contributed by atoms with Crippen molar-refractivity contribution >= 4 is 39.3 Å². The zero-order chi connectivity index (χ0) is 21.4. The summed E-state index contributed by atoms with van der Waals surface area (Å²) in [5, 5.41) is 7.97. The van der Waals surface area contributed by atoms with E-state index in [4.69, 9.17) is 16.0 Å². The Kier molecular flexibility index (Phi) is 4.92. The molecule has 5 aromatic rings. The molecule has 5 rings (SSSR count). The molecule has 3 aromatic carbocycles. The van der Waals surface area contributed by atoms with E-state index in [0.29, 0.717) is 10.8 Å². The molecule has 0 bridgehead atoms. The first-order valence-electron chi connectivity index (χ1n) is 10.0. The molecule has 0 spiro atoms. The van der Waals surface area contributed by atoms with Crippen molar-refractivity contribution in [3.05, 3.63) is 100 Å². The molecule has 0 radical (unpaired) electrons. The topological polar surface area (TPSA) is 50.4 Å². The molecule has 4 nitrogen and oxygen atoms in total. The van der Waals surface area contributed by atoms with E-state index >= 15 is 0 Å². The number of halogens is 1. The van der Waals surface area contributed by atoms with Crippen molar-refractivity contribution in [3.63, 3.8) is 0 Å². The first-order valence-corrected chi connectivity index (χ1v) is 10.4. The van der Waals surface area contributed by atoms with Crippen LogP contribution in [0.5, 0.6) is 0 Å².